The average Bonchev–Trinajstić information content (AvgIpc) is 2.73. The smallest absolute Gasteiger partial charge is 0.273 e. The van der Waals surface area contributed by atoms with Crippen LogP contribution in [0.4, 0.5) is 11.4 Å². The van der Waals surface area contributed by atoms with E-state index in [0.29, 0.717) is 29.1 Å². The first-order valence-electron chi connectivity index (χ1n) is 9.16. The molecule has 0 saturated heterocycles. The molecule has 0 bridgehead atoms. The Morgan fingerprint density at radius 3 is 2.24 bits per heavy atom. The van der Waals surface area contributed by atoms with E-state index in [0.717, 1.165) is 11.1 Å². The van der Waals surface area contributed by atoms with Crippen LogP contribution in [0.15, 0.2) is 84.0 Å². The summed E-state index contributed by atoms with van der Waals surface area (Å²) in [4.78, 5) is 24.3. The van der Waals surface area contributed by atoms with Gasteiger partial charge in [0, 0.05) is 11.4 Å². The van der Waals surface area contributed by atoms with Crippen LogP contribution in [0.5, 0.6) is 0 Å². The number of nitrogens with one attached hydrogen (secondary N) is 2. The van der Waals surface area contributed by atoms with Crippen LogP contribution in [0, 0.1) is 0 Å². The van der Waals surface area contributed by atoms with Gasteiger partial charge in [0.05, 0.1) is 17.7 Å². The lowest BCUT2D eigenvalue weighted by Gasteiger charge is -2.08. The van der Waals surface area contributed by atoms with Crippen molar-refractivity contribution < 1.29 is 9.59 Å². The summed E-state index contributed by atoms with van der Waals surface area (Å²) in [6, 6.07) is 23.6. The molecule has 0 atom stereocenters. The lowest BCUT2D eigenvalue weighted by Crippen LogP contribution is -2.20. The normalized spacial score (nSPS) is 11.0. The fraction of sp³-hybridized carbons (Fsp3) is 0.0870. The van der Waals surface area contributed by atoms with Gasteiger partial charge in [0.2, 0.25) is 5.91 Å². The summed E-state index contributed by atoms with van der Waals surface area (Å²) < 4.78 is 0. The molecule has 3 aromatic carbocycles. The Hall–Kier alpha value is -3.93. The third-order valence-corrected chi connectivity index (χ3v) is 4.32. The Labute approximate surface area is 169 Å². The fourth-order valence-corrected chi connectivity index (χ4v) is 2.74. The van der Waals surface area contributed by atoms with Crippen molar-refractivity contribution in [2.75, 3.05) is 11.1 Å². The number of para-hydroxylation sites is 1. The number of hydrogen-bond donors (Lipinski definition) is 3. The van der Waals surface area contributed by atoms with Gasteiger partial charge in [-0.2, -0.15) is 5.10 Å². The molecule has 0 aliphatic carbocycles. The molecule has 0 radical (unpaired) electrons. The number of rotatable bonds is 6. The summed E-state index contributed by atoms with van der Waals surface area (Å²) >= 11 is 0. The third kappa shape index (κ3) is 5.52. The van der Waals surface area contributed by atoms with Gasteiger partial charge in [-0.05, 0) is 42.3 Å². The predicted octanol–water partition coefficient (Wildman–Crippen LogP) is 3.60. The van der Waals surface area contributed by atoms with Crippen LogP contribution in [0.2, 0.25) is 0 Å². The Bertz CT molecular complexity index is 1030. The molecule has 6 heteroatoms. The van der Waals surface area contributed by atoms with E-state index in [2.05, 4.69) is 15.8 Å². The molecule has 0 saturated carbocycles. The van der Waals surface area contributed by atoms with Crippen molar-refractivity contribution in [2.24, 2.45) is 5.10 Å². The van der Waals surface area contributed by atoms with Crippen LogP contribution in [-0.4, -0.2) is 17.5 Å². The van der Waals surface area contributed by atoms with E-state index >= 15 is 0 Å². The molecule has 29 heavy (non-hydrogen) atoms. The monoisotopic (exact) mass is 386 g/mol. The Balaban J connectivity index is 1.59. The highest BCUT2D eigenvalue weighted by Crippen LogP contribution is 2.12. The predicted molar refractivity (Wildman–Crippen MR) is 116 cm³/mol. The van der Waals surface area contributed by atoms with E-state index in [1.807, 2.05) is 42.5 Å². The zero-order chi connectivity index (χ0) is 20.6. The molecular formula is C23H22N4O2. The molecular weight excluding hydrogens is 364 g/mol. The van der Waals surface area contributed by atoms with Crippen molar-refractivity contribution in [3.05, 3.63) is 95.6 Å². The van der Waals surface area contributed by atoms with Gasteiger partial charge in [-0.3, -0.25) is 9.59 Å². The van der Waals surface area contributed by atoms with E-state index in [4.69, 9.17) is 5.73 Å². The van der Waals surface area contributed by atoms with Crippen molar-refractivity contribution in [1.29, 1.82) is 0 Å². The molecule has 6 nitrogen and oxygen atoms in total. The number of nitrogen functional groups attached to an aromatic ring is 1. The number of anilines is 2. The number of amides is 2. The summed E-state index contributed by atoms with van der Waals surface area (Å²) in [7, 11) is 0. The van der Waals surface area contributed by atoms with E-state index in [-0.39, 0.29) is 11.8 Å². The van der Waals surface area contributed by atoms with Crippen molar-refractivity contribution in [3.8, 4) is 0 Å². The molecule has 0 fully saturated rings. The number of benzene rings is 3. The third-order valence-electron chi connectivity index (χ3n) is 4.32. The van der Waals surface area contributed by atoms with Crippen molar-refractivity contribution in [3.63, 3.8) is 0 Å². The Kier molecular flexibility index (Phi) is 6.37. The van der Waals surface area contributed by atoms with Crippen LogP contribution >= 0.6 is 0 Å². The number of nitrogens with two attached hydrogens (primary N) is 1. The molecule has 4 N–H and O–H groups in total. The van der Waals surface area contributed by atoms with Crippen molar-refractivity contribution in [1.82, 2.24) is 5.43 Å². The minimum atomic E-state index is -0.368. The number of carbonyl (C=O) groups is 2. The molecule has 3 rings (SSSR count). The van der Waals surface area contributed by atoms with E-state index < -0.39 is 0 Å². The quantitative estimate of drug-likeness (QED) is 0.343. The van der Waals surface area contributed by atoms with Crippen LogP contribution in [0.3, 0.4) is 0 Å². The number of hydrogen-bond acceptors (Lipinski definition) is 4. The number of hydrazone groups is 1. The van der Waals surface area contributed by atoms with E-state index in [1.165, 1.54) is 0 Å². The lowest BCUT2D eigenvalue weighted by atomic mass is 10.1. The second-order valence-electron chi connectivity index (χ2n) is 6.51. The van der Waals surface area contributed by atoms with Gasteiger partial charge in [-0.15, -0.1) is 0 Å². The maximum Gasteiger partial charge on any atom is 0.273 e. The standard InChI is InChI=1S/C23H22N4O2/c1-16(26-27-23(29)20-9-5-6-10-21(20)24)18-11-13-19(14-12-18)25-22(28)15-17-7-3-2-4-8-17/h2-14H,15,24H2,1H3,(H,25,28)(H,27,29). The van der Waals surface area contributed by atoms with E-state index in [9.17, 15) is 9.59 Å². The molecule has 0 aromatic heterocycles. The Morgan fingerprint density at radius 2 is 1.55 bits per heavy atom. The first-order chi connectivity index (χ1) is 14.0. The lowest BCUT2D eigenvalue weighted by molar-refractivity contribution is -0.115. The molecule has 0 spiro atoms. The fourth-order valence-electron chi connectivity index (χ4n) is 2.74. The van der Waals surface area contributed by atoms with E-state index in [1.54, 1.807) is 43.3 Å². The van der Waals surface area contributed by atoms with Crippen LogP contribution in [0.1, 0.15) is 28.4 Å². The van der Waals surface area contributed by atoms with Gasteiger partial charge in [0.25, 0.3) is 5.91 Å². The number of carbonyl (C=O) groups excluding carboxylic acids is 2. The highest BCUT2D eigenvalue weighted by atomic mass is 16.2. The molecule has 0 aliphatic heterocycles. The molecule has 2 amide bonds. The Morgan fingerprint density at radius 1 is 0.897 bits per heavy atom. The second-order valence-corrected chi connectivity index (χ2v) is 6.51. The van der Waals surface area contributed by atoms with Gasteiger partial charge in [-0.1, -0.05) is 54.6 Å². The zero-order valence-electron chi connectivity index (χ0n) is 16.1. The van der Waals surface area contributed by atoms with Gasteiger partial charge in [-0.25, -0.2) is 5.43 Å². The first kappa shape index (κ1) is 19.8. The first-order valence-corrected chi connectivity index (χ1v) is 9.16. The van der Waals surface area contributed by atoms with Gasteiger partial charge < -0.3 is 11.1 Å². The van der Waals surface area contributed by atoms with Crippen LogP contribution in [-0.2, 0) is 11.2 Å². The highest BCUT2D eigenvalue weighted by Gasteiger charge is 2.08. The maximum absolute atomic E-state index is 12.2. The maximum atomic E-state index is 12.2. The van der Waals surface area contributed by atoms with Gasteiger partial charge in [0.1, 0.15) is 0 Å². The van der Waals surface area contributed by atoms with Crippen LogP contribution < -0.4 is 16.5 Å². The molecule has 0 aliphatic rings. The summed E-state index contributed by atoms with van der Waals surface area (Å²) in [5, 5.41) is 7.00. The second kappa shape index (κ2) is 9.32. The topological polar surface area (TPSA) is 96.6 Å². The molecule has 0 unspecified atom stereocenters. The molecule has 146 valence electrons. The minimum Gasteiger partial charge on any atom is -0.398 e. The zero-order valence-corrected chi connectivity index (χ0v) is 16.1. The van der Waals surface area contributed by atoms with Gasteiger partial charge in [0.15, 0.2) is 0 Å². The van der Waals surface area contributed by atoms with Crippen LogP contribution in [0.25, 0.3) is 0 Å². The summed E-state index contributed by atoms with van der Waals surface area (Å²) in [6.07, 6.45) is 0.317. The minimum absolute atomic E-state index is 0.0814. The number of nitrogens with zero attached hydrogens (tertiary/aromatic N) is 1. The summed E-state index contributed by atoms with van der Waals surface area (Å²) in [5.41, 5.74) is 12.2. The SMILES string of the molecule is CC(=NNC(=O)c1ccccc1N)c1ccc(NC(=O)Cc2ccccc2)cc1. The largest absolute Gasteiger partial charge is 0.398 e. The highest BCUT2D eigenvalue weighted by molar-refractivity contribution is 6.02. The van der Waals surface area contributed by atoms with Crippen molar-refractivity contribution >= 4 is 28.9 Å². The van der Waals surface area contributed by atoms with Gasteiger partial charge >= 0.3 is 0 Å². The molecule has 3 aromatic rings. The molecule has 0 heterocycles. The summed E-state index contributed by atoms with van der Waals surface area (Å²) in [5.74, 6) is -0.450. The average molecular weight is 386 g/mol. The summed E-state index contributed by atoms with van der Waals surface area (Å²) in [6.45, 7) is 1.79. The van der Waals surface area contributed by atoms with Crippen molar-refractivity contribution in [2.45, 2.75) is 13.3 Å².